The molecular formula is C17H21N3O. The summed E-state index contributed by atoms with van der Waals surface area (Å²) < 4.78 is 5.24. The van der Waals surface area contributed by atoms with Gasteiger partial charge in [0, 0.05) is 17.8 Å². The number of nitrogens with one attached hydrogen (secondary N) is 1. The largest absolute Gasteiger partial charge is 0.423 e. The minimum Gasteiger partial charge on any atom is -0.423 e. The summed E-state index contributed by atoms with van der Waals surface area (Å²) in [5.74, 6) is 1.95. The van der Waals surface area contributed by atoms with Crippen molar-refractivity contribution >= 4 is 5.69 Å². The molecule has 3 rings (SSSR count). The average molecular weight is 283 g/mol. The molecule has 0 fully saturated rings. The standard InChI is InChI=1S/C17H21N3O/c1-12-6-13(2)8-14(7-12)10-18-16-5-3-4-15(9-16)17-20-19-11-21-17/h3-6,9,11-12,14,18H,7-8,10H2,1-2H3. The monoisotopic (exact) mass is 283 g/mol. The van der Waals surface area contributed by atoms with E-state index in [1.165, 1.54) is 24.8 Å². The molecule has 2 unspecified atom stereocenters. The molecule has 110 valence electrons. The Hall–Kier alpha value is -2.10. The maximum absolute atomic E-state index is 5.24. The van der Waals surface area contributed by atoms with Crippen molar-refractivity contribution in [1.29, 1.82) is 0 Å². The van der Waals surface area contributed by atoms with Crippen molar-refractivity contribution in [3.63, 3.8) is 0 Å². The van der Waals surface area contributed by atoms with Crippen molar-refractivity contribution in [2.75, 3.05) is 11.9 Å². The molecule has 0 saturated carbocycles. The summed E-state index contributed by atoms with van der Waals surface area (Å²) in [6.07, 6.45) is 6.20. The fraction of sp³-hybridized carbons (Fsp3) is 0.412. The lowest BCUT2D eigenvalue weighted by Crippen LogP contribution is -2.20. The molecule has 21 heavy (non-hydrogen) atoms. The normalized spacial score (nSPS) is 21.9. The second-order valence-corrected chi connectivity index (χ2v) is 6.00. The topological polar surface area (TPSA) is 51.0 Å². The van der Waals surface area contributed by atoms with Gasteiger partial charge in [-0.2, -0.15) is 0 Å². The molecular weight excluding hydrogens is 262 g/mol. The molecule has 1 heterocycles. The van der Waals surface area contributed by atoms with Crippen molar-refractivity contribution in [1.82, 2.24) is 10.2 Å². The maximum Gasteiger partial charge on any atom is 0.247 e. The van der Waals surface area contributed by atoms with Crippen LogP contribution < -0.4 is 5.32 Å². The maximum atomic E-state index is 5.24. The van der Waals surface area contributed by atoms with Crippen LogP contribution in [0.25, 0.3) is 11.5 Å². The summed E-state index contributed by atoms with van der Waals surface area (Å²) in [7, 11) is 0. The summed E-state index contributed by atoms with van der Waals surface area (Å²) >= 11 is 0. The van der Waals surface area contributed by atoms with E-state index in [1.54, 1.807) is 0 Å². The van der Waals surface area contributed by atoms with E-state index in [1.807, 2.05) is 12.1 Å². The highest BCUT2D eigenvalue weighted by atomic mass is 16.4. The lowest BCUT2D eigenvalue weighted by molar-refractivity contribution is 0.421. The van der Waals surface area contributed by atoms with Crippen LogP contribution in [-0.4, -0.2) is 16.7 Å². The molecule has 0 spiro atoms. The number of benzene rings is 1. The van der Waals surface area contributed by atoms with Gasteiger partial charge < -0.3 is 9.73 Å². The zero-order chi connectivity index (χ0) is 14.7. The van der Waals surface area contributed by atoms with Crippen LogP contribution in [0.4, 0.5) is 5.69 Å². The van der Waals surface area contributed by atoms with Crippen molar-refractivity contribution in [3.05, 3.63) is 42.3 Å². The Kier molecular flexibility index (Phi) is 4.04. The molecule has 0 radical (unpaired) electrons. The Labute approximate surface area is 125 Å². The van der Waals surface area contributed by atoms with Crippen LogP contribution in [0.15, 0.2) is 46.7 Å². The lowest BCUT2D eigenvalue weighted by atomic mass is 9.84. The first kappa shape index (κ1) is 13.9. The molecule has 0 saturated heterocycles. The number of hydrogen-bond acceptors (Lipinski definition) is 4. The molecule has 1 aliphatic rings. The van der Waals surface area contributed by atoms with Gasteiger partial charge in [0.2, 0.25) is 12.3 Å². The molecule has 1 aromatic heterocycles. The van der Waals surface area contributed by atoms with Gasteiger partial charge in [-0.3, -0.25) is 0 Å². The van der Waals surface area contributed by atoms with Crippen molar-refractivity contribution in [2.24, 2.45) is 11.8 Å². The molecule has 0 bridgehead atoms. The predicted octanol–water partition coefficient (Wildman–Crippen LogP) is 4.14. The Morgan fingerprint density at radius 1 is 1.38 bits per heavy atom. The van der Waals surface area contributed by atoms with E-state index in [0.29, 0.717) is 17.7 Å². The van der Waals surface area contributed by atoms with Crippen LogP contribution >= 0.6 is 0 Å². The first-order valence-corrected chi connectivity index (χ1v) is 7.48. The fourth-order valence-electron chi connectivity index (χ4n) is 3.16. The number of allylic oxidation sites excluding steroid dienone is 2. The van der Waals surface area contributed by atoms with E-state index in [9.17, 15) is 0 Å². The van der Waals surface area contributed by atoms with Crippen LogP contribution in [0.1, 0.15) is 26.7 Å². The molecule has 4 nitrogen and oxygen atoms in total. The zero-order valence-electron chi connectivity index (χ0n) is 12.5. The Balaban J connectivity index is 1.63. The van der Waals surface area contributed by atoms with Crippen molar-refractivity contribution in [2.45, 2.75) is 26.7 Å². The van der Waals surface area contributed by atoms with Gasteiger partial charge >= 0.3 is 0 Å². The fourth-order valence-corrected chi connectivity index (χ4v) is 3.16. The van der Waals surface area contributed by atoms with E-state index in [2.05, 4.69) is 47.6 Å². The third kappa shape index (κ3) is 3.51. The van der Waals surface area contributed by atoms with Crippen LogP contribution in [0.2, 0.25) is 0 Å². The highest BCUT2D eigenvalue weighted by molar-refractivity contribution is 5.60. The Morgan fingerprint density at radius 3 is 3.05 bits per heavy atom. The third-order valence-electron chi connectivity index (χ3n) is 3.95. The third-order valence-corrected chi connectivity index (χ3v) is 3.95. The smallest absolute Gasteiger partial charge is 0.247 e. The van der Waals surface area contributed by atoms with Gasteiger partial charge in [-0.05, 0) is 49.8 Å². The van der Waals surface area contributed by atoms with Gasteiger partial charge in [-0.1, -0.05) is 24.6 Å². The molecule has 4 heteroatoms. The van der Waals surface area contributed by atoms with Gasteiger partial charge in [-0.15, -0.1) is 10.2 Å². The van der Waals surface area contributed by atoms with Gasteiger partial charge in [0.1, 0.15) is 0 Å². The average Bonchev–Trinajstić information content (AvgIpc) is 2.99. The minimum atomic E-state index is 0.559. The van der Waals surface area contributed by atoms with E-state index < -0.39 is 0 Å². The summed E-state index contributed by atoms with van der Waals surface area (Å²) in [5, 5.41) is 11.2. The van der Waals surface area contributed by atoms with Crippen LogP contribution in [-0.2, 0) is 0 Å². The molecule has 1 N–H and O–H groups in total. The first-order chi connectivity index (χ1) is 10.2. The van der Waals surface area contributed by atoms with Crippen molar-refractivity contribution < 1.29 is 4.42 Å². The number of rotatable bonds is 4. The number of hydrogen-bond donors (Lipinski definition) is 1. The summed E-state index contributed by atoms with van der Waals surface area (Å²) in [4.78, 5) is 0. The van der Waals surface area contributed by atoms with Crippen LogP contribution in [0.3, 0.4) is 0 Å². The first-order valence-electron chi connectivity index (χ1n) is 7.48. The second-order valence-electron chi connectivity index (χ2n) is 6.00. The van der Waals surface area contributed by atoms with Crippen LogP contribution in [0, 0.1) is 11.8 Å². The summed E-state index contributed by atoms with van der Waals surface area (Å²) in [6.45, 7) is 5.54. The van der Waals surface area contributed by atoms with Crippen LogP contribution in [0.5, 0.6) is 0 Å². The zero-order valence-corrected chi connectivity index (χ0v) is 12.5. The molecule has 0 amide bonds. The molecule has 1 aliphatic carbocycles. The van der Waals surface area contributed by atoms with Gasteiger partial charge in [0.15, 0.2) is 0 Å². The number of nitrogens with zero attached hydrogens (tertiary/aromatic N) is 2. The molecule has 0 aliphatic heterocycles. The summed E-state index contributed by atoms with van der Waals surface area (Å²) in [6, 6.07) is 8.13. The number of aromatic nitrogens is 2. The van der Waals surface area contributed by atoms with Gasteiger partial charge in [-0.25, -0.2) is 0 Å². The van der Waals surface area contributed by atoms with Crippen molar-refractivity contribution in [3.8, 4) is 11.5 Å². The Bertz CT molecular complexity index is 619. The Morgan fingerprint density at radius 2 is 2.29 bits per heavy atom. The second kappa shape index (κ2) is 6.12. The van der Waals surface area contributed by atoms with E-state index in [0.717, 1.165) is 17.8 Å². The SMILES string of the molecule is CC1=CC(C)CC(CNc2cccc(-c3nnco3)c2)C1. The van der Waals surface area contributed by atoms with Gasteiger partial charge in [0.25, 0.3) is 0 Å². The minimum absolute atomic E-state index is 0.559. The highest BCUT2D eigenvalue weighted by Gasteiger charge is 2.17. The molecule has 1 aromatic carbocycles. The number of anilines is 1. The van der Waals surface area contributed by atoms with E-state index in [4.69, 9.17) is 4.42 Å². The summed E-state index contributed by atoms with van der Waals surface area (Å²) in [5.41, 5.74) is 3.57. The molecule has 2 aromatic rings. The van der Waals surface area contributed by atoms with E-state index in [-0.39, 0.29) is 0 Å². The van der Waals surface area contributed by atoms with E-state index >= 15 is 0 Å². The lowest BCUT2D eigenvalue weighted by Gasteiger charge is -2.26. The quantitative estimate of drug-likeness (QED) is 0.857. The van der Waals surface area contributed by atoms with Gasteiger partial charge in [0.05, 0.1) is 0 Å². The highest BCUT2D eigenvalue weighted by Crippen LogP contribution is 2.28. The predicted molar refractivity (Wildman–Crippen MR) is 83.9 cm³/mol. The molecule has 2 atom stereocenters.